The number of carbonyl (C=O) groups is 3. The number of hydrogen-bond acceptors (Lipinski definition) is 6. The molecular weight excluding hydrogens is 364 g/mol. The van der Waals surface area contributed by atoms with Crippen LogP contribution in [-0.2, 0) is 28.3 Å². The van der Waals surface area contributed by atoms with Crippen LogP contribution >= 0.6 is 0 Å². The fourth-order valence-corrected chi connectivity index (χ4v) is 7.40. The molecule has 0 unspecified atom stereocenters. The summed E-state index contributed by atoms with van der Waals surface area (Å²) in [5.41, 5.74) is -1.59. The Kier molecular flexibility index (Phi) is 6.36. The predicted molar refractivity (Wildman–Crippen MR) is 104 cm³/mol. The molecule has 0 aromatic heterocycles. The van der Waals surface area contributed by atoms with Crippen molar-refractivity contribution in [1.29, 1.82) is 0 Å². The van der Waals surface area contributed by atoms with Crippen molar-refractivity contribution in [3.8, 4) is 0 Å². The van der Waals surface area contributed by atoms with E-state index in [9.17, 15) is 14.4 Å². The van der Waals surface area contributed by atoms with Gasteiger partial charge in [-0.25, -0.2) is 4.79 Å². The van der Waals surface area contributed by atoms with E-state index >= 15 is 0 Å². The third kappa shape index (κ3) is 3.90. The maximum atomic E-state index is 13.1. The van der Waals surface area contributed by atoms with Gasteiger partial charge in [0, 0.05) is 17.9 Å². The molecule has 0 amide bonds. The molecule has 0 saturated carbocycles. The molecule has 2 aliphatic rings. The SMILES string of the molecule is CC[Si](CC)(CC)O[C@]12CC(=O)C(CC(=O)OC)=CC[C@H]1C(C)(C)OC2=O. The molecule has 152 valence electrons. The number of rotatable bonds is 7. The van der Waals surface area contributed by atoms with Gasteiger partial charge in [-0.3, -0.25) is 9.59 Å². The molecule has 7 heteroatoms. The van der Waals surface area contributed by atoms with Crippen LogP contribution < -0.4 is 0 Å². The van der Waals surface area contributed by atoms with Crippen LogP contribution in [0.25, 0.3) is 0 Å². The highest BCUT2D eigenvalue weighted by Gasteiger charge is 2.64. The van der Waals surface area contributed by atoms with Crippen LogP contribution in [0.1, 0.15) is 53.9 Å². The van der Waals surface area contributed by atoms with Crippen LogP contribution in [0, 0.1) is 5.92 Å². The number of esters is 2. The van der Waals surface area contributed by atoms with Crippen molar-refractivity contribution < 1.29 is 28.3 Å². The number of hydrogen-bond donors (Lipinski definition) is 0. The van der Waals surface area contributed by atoms with E-state index in [0.717, 1.165) is 18.1 Å². The highest BCUT2D eigenvalue weighted by molar-refractivity contribution is 6.73. The number of methoxy groups -OCH3 is 1. The minimum absolute atomic E-state index is 0.0719. The molecule has 0 bridgehead atoms. The largest absolute Gasteiger partial charge is 0.469 e. The molecule has 6 nitrogen and oxygen atoms in total. The van der Waals surface area contributed by atoms with Crippen LogP contribution in [0.15, 0.2) is 11.6 Å². The first-order chi connectivity index (χ1) is 12.6. The zero-order valence-corrected chi connectivity index (χ0v) is 18.3. The summed E-state index contributed by atoms with van der Waals surface area (Å²) in [6, 6.07) is 2.62. The highest BCUT2D eigenvalue weighted by atomic mass is 28.4. The van der Waals surface area contributed by atoms with Crippen molar-refractivity contribution in [2.24, 2.45) is 5.92 Å². The molecule has 1 aliphatic heterocycles. The lowest BCUT2D eigenvalue weighted by molar-refractivity contribution is -0.158. The van der Waals surface area contributed by atoms with E-state index in [-0.39, 0.29) is 24.5 Å². The number of cyclic esters (lactones) is 1. The van der Waals surface area contributed by atoms with E-state index < -0.39 is 31.5 Å². The summed E-state index contributed by atoms with van der Waals surface area (Å²) in [5.74, 6) is -1.40. The zero-order valence-electron chi connectivity index (χ0n) is 17.3. The van der Waals surface area contributed by atoms with Gasteiger partial charge in [0.05, 0.1) is 13.5 Å². The number of carbonyl (C=O) groups excluding carboxylic acids is 3. The predicted octanol–water partition coefficient (Wildman–Crippen LogP) is 3.55. The van der Waals surface area contributed by atoms with Gasteiger partial charge >= 0.3 is 11.9 Å². The molecule has 0 radical (unpaired) electrons. The minimum atomic E-state index is -2.18. The average molecular weight is 397 g/mol. The lowest BCUT2D eigenvalue weighted by atomic mass is 9.76. The monoisotopic (exact) mass is 396 g/mol. The molecule has 1 fully saturated rings. The Hall–Kier alpha value is -1.47. The quantitative estimate of drug-likeness (QED) is 0.484. The lowest BCUT2D eigenvalue weighted by Crippen LogP contribution is -2.55. The van der Waals surface area contributed by atoms with Crippen LogP contribution in [0.3, 0.4) is 0 Å². The van der Waals surface area contributed by atoms with Gasteiger partial charge < -0.3 is 13.9 Å². The first-order valence-corrected chi connectivity index (χ1v) is 12.3. The van der Waals surface area contributed by atoms with E-state index in [1.165, 1.54) is 7.11 Å². The second kappa shape index (κ2) is 7.87. The van der Waals surface area contributed by atoms with Crippen molar-refractivity contribution in [3.63, 3.8) is 0 Å². The Bertz CT molecular complexity index is 641. The molecule has 1 heterocycles. The molecule has 27 heavy (non-hydrogen) atoms. The summed E-state index contributed by atoms with van der Waals surface area (Å²) in [6.45, 7) is 10.0. The molecular formula is C20H32O6Si. The maximum Gasteiger partial charge on any atom is 0.338 e. The van der Waals surface area contributed by atoms with E-state index in [1.54, 1.807) is 6.08 Å². The Morgan fingerprint density at radius 2 is 1.81 bits per heavy atom. The first-order valence-electron chi connectivity index (χ1n) is 9.82. The molecule has 1 saturated heterocycles. The number of Topliss-reactive ketones (excluding diaryl/α,β-unsaturated/α-hetero) is 1. The molecule has 1 aliphatic carbocycles. The topological polar surface area (TPSA) is 78.9 Å². The number of ether oxygens (including phenoxy) is 2. The van der Waals surface area contributed by atoms with Gasteiger partial charge in [0.25, 0.3) is 0 Å². The number of allylic oxidation sites excluding steroid dienone is 1. The average Bonchev–Trinajstić information content (AvgIpc) is 2.73. The molecule has 2 rings (SSSR count). The summed E-state index contributed by atoms with van der Waals surface area (Å²) in [6.07, 6.45) is 2.08. The number of ketones is 1. The minimum Gasteiger partial charge on any atom is -0.469 e. The summed E-state index contributed by atoms with van der Waals surface area (Å²) in [7, 11) is -0.886. The van der Waals surface area contributed by atoms with Crippen LogP contribution in [0.4, 0.5) is 0 Å². The van der Waals surface area contributed by atoms with E-state index in [0.29, 0.717) is 12.0 Å². The Balaban J connectivity index is 2.48. The molecule has 0 spiro atoms. The van der Waals surface area contributed by atoms with Crippen molar-refractivity contribution in [1.82, 2.24) is 0 Å². The molecule has 2 atom stereocenters. The standard InChI is InChI=1S/C20H32O6Si/c1-7-27(8-2,9-3)26-20-13-15(21)14(12-17(22)24-6)10-11-16(20)19(4,5)25-18(20)23/h10,16H,7-9,11-13H2,1-6H3/t16-,20+/m0/s1. The van der Waals surface area contributed by atoms with E-state index in [1.807, 2.05) is 13.8 Å². The Morgan fingerprint density at radius 3 is 2.33 bits per heavy atom. The molecule has 0 aromatic carbocycles. The van der Waals surface area contributed by atoms with Crippen molar-refractivity contribution in [2.45, 2.75) is 83.2 Å². The second-order valence-corrected chi connectivity index (χ2v) is 12.8. The summed E-state index contributed by atoms with van der Waals surface area (Å²) >= 11 is 0. The lowest BCUT2D eigenvalue weighted by Gasteiger charge is -2.41. The number of fused-ring (bicyclic) bond motifs is 1. The third-order valence-electron chi connectivity index (χ3n) is 6.38. The first kappa shape index (κ1) is 21.8. The fourth-order valence-electron chi connectivity index (χ4n) is 4.40. The summed E-state index contributed by atoms with van der Waals surface area (Å²) in [4.78, 5) is 37.7. The van der Waals surface area contributed by atoms with Crippen LogP contribution in [0.2, 0.25) is 18.1 Å². The smallest absolute Gasteiger partial charge is 0.338 e. The van der Waals surface area contributed by atoms with E-state index in [2.05, 4.69) is 20.8 Å². The van der Waals surface area contributed by atoms with Crippen molar-refractivity contribution >= 4 is 26.0 Å². The Labute approximate surface area is 162 Å². The molecule has 0 aromatic rings. The zero-order chi connectivity index (χ0) is 20.5. The van der Waals surface area contributed by atoms with Crippen molar-refractivity contribution in [2.75, 3.05) is 7.11 Å². The third-order valence-corrected chi connectivity index (χ3v) is 11.0. The van der Waals surface area contributed by atoms with Crippen molar-refractivity contribution in [3.05, 3.63) is 11.6 Å². The summed E-state index contributed by atoms with van der Waals surface area (Å²) in [5, 5.41) is 0. The van der Waals surface area contributed by atoms with Gasteiger partial charge in [-0.1, -0.05) is 26.8 Å². The van der Waals surface area contributed by atoms with Gasteiger partial charge in [-0.05, 0) is 38.4 Å². The Morgan fingerprint density at radius 1 is 1.22 bits per heavy atom. The maximum absolute atomic E-state index is 13.1. The van der Waals surface area contributed by atoms with Crippen LogP contribution in [-0.4, -0.2) is 44.4 Å². The fraction of sp³-hybridized carbons (Fsp3) is 0.750. The normalized spacial score (nSPS) is 27.5. The highest BCUT2D eigenvalue weighted by Crippen LogP contribution is 2.50. The van der Waals surface area contributed by atoms with Gasteiger partial charge in [0.2, 0.25) is 0 Å². The second-order valence-electron chi connectivity index (χ2n) is 8.10. The van der Waals surface area contributed by atoms with Gasteiger partial charge in [-0.2, -0.15) is 0 Å². The van der Waals surface area contributed by atoms with Crippen LogP contribution in [0.5, 0.6) is 0 Å². The molecule has 0 N–H and O–H groups in total. The van der Waals surface area contributed by atoms with Gasteiger partial charge in [0.1, 0.15) is 5.60 Å². The van der Waals surface area contributed by atoms with Gasteiger partial charge in [-0.15, -0.1) is 0 Å². The summed E-state index contributed by atoms with van der Waals surface area (Å²) < 4.78 is 17.1. The van der Waals surface area contributed by atoms with E-state index in [4.69, 9.17) is 13.9 Å². The van der Waals surface area contributed by atoms with Gasteiger partial charge in [0.15, 0.2) is 19.7 Å².